The molecular formula is C23H20N2O4. The Morgan fingerprint density at radius 3 is 2.69 bits per heavy atom. The number of phenols is 1. The Morgan fingerprint density at radius 1 is 1.07 bits per heavy atom. The minimum atomic E-state index is -0.323. The zero-order valence-electron chi connectivity index (χ0n) is 16.1. The number of carbonyl (C=O) groups is 1. The van der Waals surface area contributed by atoms with Gasteiger partial charge in [-0.05, 0) is 61.4 Å². The second kappa shape index (κ2) is 7.67. The van der Waals surface area contributed by atoms with Crippen molar-refractivity contribution in [1.82, 2.24) is 4.98 Å². The molecule has 4 rings (SSSR count). The van der Waals surface area contributed by atoms with Crippen LogP contribution in [0.15, 0.2) is 65.1 Å². The maximum absolute atomic E-state index is 12.1. The van der Waals surface area contributed by atoms with Crippen LogP contribution in [0.2, 0.25) is 0 Å². The van der Waals surface area contributed by atoms with Gasteiger partial charge in [0, 0.05) is 11.8 Å². The van der Waals surface area contributed by atoms with Crippen molar-refractivity contribution in [2.45, 2.75) is 13.8 Å². The molecule has 3 aromatic carbocycles. The number of nitrogens with one attached hydrogen (secondary N) is 1. The molecule has 1 aromatic heterocycles. The van der Waals surface area contributed by atoms with Crippen LogP contribution in [0.25, 0.3) is 22.6 Å². The lowest BCUT2D eigenvalue weighted by Crippen LogP contribution is -2.20. The van der Waals surface area contributed by atoms with Gasteiger partial charge in [0.1, 0.15) is 17.0 Å². The van der Waals surface area contributed by atoms with Gasteiger partial charge in [0.15, 0.2) is 12.2 Å². The molecule has 0 saturated carbocycles. The van der Waals surface area contributed by atoms with E-state index in [0.29, 0.717) is 28.5 Å². The molecule has 0 aliphatic rings. The zero-order valence-corrected chi connectivity index (χ0v) is 16.1. The Hall–Kier alpha value is -3.80. The van der Waals surface area contributed by atoms with E-state index in [1.165, 1.54) is 6.07 Å². The second-order valence-electron chi connectivity index (χ2n) is 6.88. The normalized spacial score (nSPS) is 10.8. The van der Waals surface area contributed by atoms with Crippen molar-refractivity contribution in [3.63, 3.8) is 0 Å². The number of aromatic nitrogens is 1. The number of hydrogen-bond acceptors (Lipinski definition) is 5. The van der Waals surface area contributed by atoms with Gasteiger partial charge in [0.25, 0.3) is 5.91 Å². The molecule has 6 heteroatoms. The molecule has 6 nitrogen and oxygen atoms in total. The first-order valence-corrected chi connectivity index (χ1v) is 9.18. The van der Waals surface area contributed by atoms with E-state index in [0.717, 1.165) is 16.6 Å². The van der Waals surface area contributed by atoms with E-state index < -0.39 is 0 Å². The van der Waals surface area contributed by atoms with Crippen LogP contribution in [0.4, 0.5) is 5.69 Å². The predicted molar refractivity (Wildman–Crippen MR) is 111 cm³/mol. The summed E-state index contributed by atoms with van der Waals surface area (Å²) in [5.41, 5.74) is 4.41. The van der Waals surface area contributed by atoms with Gasteiger partial charge in [0.05, 0.1) is 5.56 Å². The average molecular weight is 388 g/mol. The number of fused-ring (bicyclic) bond motifs is 1. The fourth-order valence-electron chi connectivity index (χ4n) is 2.99. The fourth-order valence-corrected chi connectivity index (χ4v) is 2.99. The standard InChI is InChI=1S/C23H20N2O4/c1-14-4-3-5-17(10-14)28-13-22(27)24-16-7-8-18(20(26)12-16)23-25-19-11-15(2)6-9-21(19)29-23/h3-12,26H,13H2,1-2H3,(H,24,27). The molecule has 1 amide bonds. The smallest absolute Gasteiger partial charge is 0.262 e. The molecule has 0 radical (unpaired) electrons. The minimum absolute atomic E-state index is 0.0364. The van der Waals surface area contributed by atoms with Crippen LogP contribution >= 0.6 is 0 Å². The number of carbonyl (C=O) groups excluding carboxylic acids is 1. The predicted octanol–water partition coefficient (Wildman–Crippen LogP) is 4.83. The molecule has 0 unspecified atom stereocenters. The molecule has 0 fully saturated rings. The Balaban J connectivity index is 1.45. The number of anilines is 1. The number of rotatable bonds is 5. The number of hydrogen-bond donors (Lipinski definition) is 2. The van der Waals surface area contributed by atoms with Crippen molar-refractivity contribution in [3.05, 3.63) is 71.8 Å². The van der Waals surface area contributed by atoms with Crippen molar-refractivity contribution in [1.29, 1.82) is 0 Å². The number of ether oxygens (including phenoxy) is 1. The van der Waals surface area contributed by atoms with Crippen LogP contribution < -0.4 is 10.1 Å². The van der Waals surface area contributed by atoms with E-state index in [2.05, 4.69) is 10.3 Å². The number of oxazole rings is 1. The zero-order chi connectivity index (χ0) is 20.4. The summed E-state index contributed by atoms with van der Waals surface area (Å²) in [6.45, 7) is 3.80. The van der Waals surface area contributed by atoms with E-state index in [1.807, 2.05) is 50.2 Å². The van der Waals surface area contributed by atoms with Gasteiger partial charge in [-0.25, -0.2) is 4.98 Å². The van der Waals surface area contributed by atoms with E-state index >= 15 is 0 Å². The first kappa shape index (κ1) is 18.6. The highest BCUT2D eigenvalue weighted by Crippen LogP contribution is 2.33. The van der Waals surface area contributed by atoms with Crippen LogP contribution in [-0.4, -0.2) is 22.6 Å². The van der Waals surface area contributed by atoms with Gasteiger partial charge < -0.3 is 19.6 Å². The van der Waals surface area contributed by atoms with Crippen LogP contribution in [-0.2, 0) is 4.79 Å². The summed E-state index contributed by atoms with van der Waals surface area (Å²) in [4.78, 5) is 16.6. The highest BCUT2D eigenvalue weighted by Gasteiger charge is 2.14. The third-order valence-corrected chi connectivity index (χ3v) is 4.41. The Bertz CT molecular complexity index is 1200. The molecule has 0 saturated heterocycles. The number of aromatic hydroxyl groups is 1. The molecule has 146 valence electrons. The summed E-state index contributed by atoms with van der Waals surface area (Å²) in [6.07, 6.45) is 0. The van der Waals surface area contributed by atoms with Crippen LogP contribution in [0.3, 0.4) is 0 Å². The third-order valence-electron chi connectivity index (χ3n) is 4.41. The molecular weight excluding hydrogens is 368 g/mol. The Morgan fingerprint density at radius 2 is 1.90 bits per heavy atom. The number of nitrogens with zero attached hydrogens (tertiary/aromatic N) is 1. The Kier molecular flexibility index (Phi) is 4.91. The molecule has 2 N–H and O–H groups in total. The lowest BCUT2D eigenvalue weighted by molar-refractivity contribution is -0.118. The molecule has 0 aliphatic carbocycles. The highest BCUT2D eigenvalue weighted by atomic mass is 16.5. The summed E-state index contributed by atoms with van der Waals surface area (Å²) in [7, 11) is 0. The first-order chi connectivity index (χ1) is 14.0. The molecule has 0 spiro atoms. The first-order valence-electron chi connectivity index (χ1n) is 9.18. The average Bonchev–Trinajstić information content (AvgIpc) is 3.09. The highest BCUT2D eigenvalue weighted by molar-refractivity contribution is 5.92. The topological polar surface area (TPSA) is 84.6 Å². The molecule has 0 aliphatic heterocycles. The van der Waals surface area contributed by atoms with Crippen molar-refractivity contribution in [2.75, 3.05) is 11.9 Å². The van der Waals surface area contributed by atoms with Crippen molar-refractivity contribution >= 4 is 22.7 Å². The van der Waals surface area contributed by atoms with E-state index in [1.54, 1.807) is 18.2 Å². The number of aryl methyl sites for hydroxylation is 2. The van der Waals surface area contributed by atoms with Crippen molar-refractivity contribution < 1.29 is 19.1 Å². The summed E-state index contributed by atoms with van der Waals surface area (Å²) >= 11 is 0. The van der Waals surface area contributed by atoms with E-state index in [9.17, 15) is 9.90 Å². The molecule has 4 aromatic rings. The molecule has 1 heterocycles. The van der Waals surface area contributed by atoms with Gasteiger partial charge >= 0.3 is 0 Å². The number of benzene rings is 3. The van der Waals surface area contributed by atoms with Crippen molar-refractivity contribution in [3.8, 4) is 23.0 Å². The van der Waals surface area contributed by atoms with Crippen LogP contribution in [0.1, 0.15) is 11.1 Å². The number of amides is 1. The van der Waals surface area contributed by atoms with Crippen LogP contribution in [0, 0.1) is 13.8 Å². The van der Waals surface area contributed by atoms with Gasteiger partial charge in [-0.15, -0.1) is 0 Å². The summed E-state index contributed by atoms with van der Waals surface area (Å²) < 4.78 is 11.2. The van der Waals surface area contributed by atoms with Gasteiger partial charge in [0.2, 0.25) is 5.89 Å². The van der Waals surface area contributed by atoms with E-state index in [-0.39, 0.29) is 18.3 Å². The summed E-state index contributed by atoms with van der Waals surface area (Å²) in [5, 5.41) is 13.1. The van der Waals surface area contributed by atoms with Crippen molar-refractivity contribution in [2.24, 2.45) is 0 Å². The van der Waals surface area contributed by atoms with Gasteiger partial charge in [-0.3, -0.25) is 4.79 Å². The maximum Gasteiger partial charge on any atom is 0.262 e. The maximum atomic E-state index is 12.1. The van der Waals surface area contributed by atoms with Gasteiger partial charge in [-0.1, -0.05) is 18.2 Å². The van der Waals surface area contributed by atoms with Gasteiger partial charge in [-0.2, -0.15) is 0 Å². The minimum Gasteiger partial charge on any atom is -0.507 e. The SMILES string of the molecule is Cc1cccc(OCC(=O)Nc2ccc(-c3nc4cc(C)ccc4o3)c(O)c2)c1. The third kappa shape index (κ3) is 4.21. The molecule has 29 heavy (non-hydrogen) atoms. The lowest BCUT2D eigenvalue weighted by atomic mass is 10.2. The molecule has 0 bridgehead atoms. The second-order valence-corrected chi connectivity index (χ2v) is 6.88. The summed E-state index contributed by atoms with van der Waals surface area (Å²) in [5.74, 6) is 0.593. The largest absolute Gasteiger partial charge is 0.507 e. The fraction of sp³-hybridized carbons (Fsp3) is 0.130. The van der Waals surface area contributed by atoms with Crippen LogP contribution in [0.5, 0.6) is 11.5 Å². The lowest BCUT2D eigenvalue weighted by Gasteiger charge is -2.09. The monoisotopic (exact) mass is 388 g/mol. The quantitative estimate of drug-likeness (QED) is 0.511. The molecule has 0 atom stereocenters. The Labute approximate surface area is 167 Å². The van der Waals surface area contributed by atoms with E-state index in [4.69, 9.17) is 9.15 Å². The number of phenolic OH excluding ortho intramolecular Hbond substituents is 1. The summed E-state index contributed by atoms with van der Waals surface area (Å²) in [6, 6.07) is 18.0.